The summed E-state index contributed by atoms with van der Waals surface area (Å²) in [5.74, 6) is -0.510. The summed E-state index contributed by atoms with van der Waals surface area (Å²) in [6.07, 6.45) is 7.05. The highest BCUT2D eigenvalue weighted by Crippen LogP contribution is 2.42. The summed E-state index contributed by atoms with van der Waals surface area (Å²) in [5.41, 5.74) is 0.964. The van der Waals surface area contributed by atoms with Crippen LogP contribution in [0.3, 0.4) is 0 Å². The Kier molecular flexibility index (Phi) is 4.77. The molecule has 1 N–H and O–H groups in total. The van der Waals surface area contributed by atoms with Gasteiger partial charge in [-0.1, -0.05) is 12.8 Å². The second kappa shape index (κ2) is 7.08. The predicted octanol–water partition coefficient (Wildman–Crippen LogP) is 4.22. The molecule has 1 aromatic heterocycles. The molecule has 5 nitrogen and oxygen atoms in total. The molecule has 0 saturated heterocycles. The number of nitriles is 1. The third-order valence-electron chi connectivity index (χ3n) is 5.57. The van der Waals surface area contributed by atoms with Crippen LogP contribution in [0, 0.1) is 23.1 Å². The Morgan fingerprint density at radius 2 is 2.00 bits per heavy atom. The summed E-state index contributed by atoms with van der Waals surface area (Å²) >= 11 is 3.59. The van der Waals surface area contributed by atoms with Gasteiger partial charge in [-0.05, 0) is 65.9 Å². The molecule has 0 bridgehead atoms. The normalized spacial score (nSPS) is 23.4. The summed E-state index contributed by atoms with van der Waals surface area (Å²) in [5, 5.41) is 16.9. The van der Waals surface area contributed by atoms with Crippen molar-refractivity contribution >= 4 is 21.8 Å². The van der Waals surface area contributed by atoms with Crippen LogP contribution in [0.25, 0.3) is 5.69 Å². The fraction of sp³-hybridized carbons (Fsp3) is 0.450. The van der Waals surface area contributed by atoms with Gasteiger partial charge in [0.25, 0.3) is 0 Å². The molecule has 2 aliphatic carbocycles. The quantitative estimate of drug-likeness (QED) is 0.788. The molecule has 4 rings (SSSR count). The highest BCUT2D eigenvalue weighted by atomic mass is 79.9. The van der Waals surface area contributed by atoms with Crippen molar-refractivity contribution in [3.63, 3.8) is 0 Å². The lowest BCUT2D eigenvalue weighted by Gasteiger charge is -2.30. The van der Waals surface area contributed by atoms with E-state index in [1.807, 2.05) is 6.20 Å². The smallest absolute Gasteiger partial charge is 0.225 e. The van der Waals surface area contributed by atoms with Crippen molar-refractivity contribution < 1.29 is 9.18 Å². The van der Waals surface area contributed by atoms with Crippen LogP contribution in [0.2, 0.25) is 0 Å². The first kappa shape index (κ1) is 18.2. The highest BCUT2D eigenvalue weighted by Gasteiger charge is 2.47. The number of benzene rings is 1. The Morgan fingerprint density at radius 3 is 2.67 bits per heavy atom. The minimum atomic E-state index is -0.649. The van der Waals surface area contributed by atoms with Gasteiger partial charge >= 0.3 is 0 Å². The number of nitrogens with one attached hydrogen (secondary N) is 1. The molecule has 1 heterocycles. The Hall–Kier alpha value is -2.20. The van der Waals surface area contributed by atoms with E-state index in [0.717, 1.165) is 54.4 Å². The molecule has 2 fully saturated rings. The summed E-state index contributed by atoms with van der Waals surface area (Å²) in [7, 11) is 0. The molecule has 2 aliphatic rings. The van der Waals surface area contributed by atoms with Crippen molar-refractivity contribution in [2.75, 3.05) is 0 Å². The first-order valence-corrected chi connectivity index (χ1v) is 10.0. The zero-order valence-corrected chi connectivity index (χ0v) is 16.4. The van der Waals surface area contributed by atoms with Crippen LogP contribution in [-0.2, 0) is 4.79 Å². The molecule has 0 aliphatic heterocycles. The van der Waals surface area contributed by atoms with Gasteiger partial charge < -0.3 is 5.32 Å². The van der Waals surface area contributed by atoms with E-state index < -0.39 is 5.54 Å². The standard InChI is InChI=1S/C20H20BrFN4O/c21-17-11-26(14-7-5-13(22)6-8-14)25-18(17)15-3-1-2-4-16(15)19(27)24-20(12-23)9-10-20/h5-8,11,15-16H,1-4,9-10H2,(H,24,27)/t15-,16-/m1/s1. The number of hydrogen-bond donors (Lipinski definition) is 1. The fourth-order valence-electron chi connectivity index (χ4n) is 3.83. The van der Waals surface area contributed by atoms with Crippen molar-refractivity contribution in [2.24, 2.45) is 5.92 Å². The molecule has 140 valence electrons. The maximum Gasteiger partial charge on any atom is 0.225 e. The Balaban J connectivity index is 1.59. The molecule has 2 saturated carbocycles. The highest BCUT2D eigenvalue weighted by molar-refractivity contribution is 9.10. The number of rotatable bonds is 4. The fourth-order valence-corrected chi connectivity index (χ4v) is 4.40. The lowest BCUT2D eigenvalue weighted by Crippen LogP contribution is -2.42. The summed E-state index contributed by atoms with van der Waals surface area (Å²) in [6, 6.07) is 8.38. The largest absolute Gasteiger partial charge is 0.338 e. The van der Waals surface area contributed by atoms with Gasteiger partial charge in [-0.2, -0.15) is 10.4 Å². The topological polar surface area (TPSA) is 70.7 Å². The van der Waals surface area contributed by atoms with Gasteiger partial charge in [0.2, 0.25) is 5.91 Å². The molecule has 1 amide bonds. The lowest BCUT2D eigenvalue weighted by atomic mass is 9.77. The van der Waals surface area contributed by atoms with Crippen molar-refractivity contribution in [1.82, 2.24) is 15.1 Å². The number of carbonyl (C=O) groups is 1. The van der Waals surface area contributed by atoms with Crippen LogP contribution in [0.1, 0.15) is 50.1 Å². The second-order valence-corrected chi connectivity index (χ2v) is 8.32. The predicted molar refractivity (Wildman–Crippen MR) is 102 cm³/mol. The number of hydrogen-bond acceptors (Lipinski definition) is 3. The molecule has 0 unspecified atom stereocenters. The van der Waals surface area contributed by atoms with E-state index in [-0.39, 0.29) is 23.6 Å². The molecule has 2 aromatic rings. The van der Waals surface area contributed by atoms with Gasteiger partial charge in [-0.25, -0.2) is 9.07 Å². The van der Waals surface area contributed by atoms with Crippen LogP contribution < -0.4 is 5.32 Å². The van der Waals surface area contributed by atoms with Crippen LogP contribution in [0.15, 0.2) is 34.9 Å². The number of nitrogens with zero attached hydrogens (tertiary/aromatic N) is 3. The second-order valence-electron chi connectivity index (χ2n) is 7.46. The van der Waals surface area contributed by atoms with Gasteiger partial charge in [0.05, 0.1) is 21.9 Å². The molecule has 2 atom stereocenters. The molecular formula is C20H20BrFN4O. The molecular weight excluding hydrogens is 411 g/mol. The summed E-state index contributed by atoms with van der Waals surface area (Å²) < 4.78 is 15.7. The molecule has 0 radical (unpaired) electrons. The van der Waals surface area contributed by atoms with E-state index in [1.54, 1.807) is 16.8 Å². The van der Waals surface area contributed by atoms with Crippen molar-refractivity contribution in [3.05, 3.63) is 46.4 Å². The minimum Gasteiger partial charge on any atom is -0.338 e. The van der Waals surface area contributed by atoms with E-state index >= 15 is 0 Å². The van der Waals surface area contributed by atoms with Crippen molar-refractivity contribution in [3.8, 4) is 11.8 Å². The van der Waals surface area contributed by atoms with Crippen LogP contribution in [-0.4, -0.2) is 21.2 Å². The zero-order valence-electron chi connectivity index (χ0n) is 14.8. The molecule has 0 spiro atoms. The SMILES string of the molecule is N#CC1(NC(=O)[C@@H]2CCCC[C@H]2c2nn(-c3ccc(F)cc3)cc2Br)CC1. The van der Waals surface area contributed by atoms with Gasteiger partial charge in [-0.3, -0.25) is 4.79 Å². The lowest BCUT2D eigenvalue weighted by molar-refractivity contribution is -0.127. The Labute approximate surface area is 165 Å². The van der Waals surface area contributed by atoms with Gasteiger partial charge in [0.1, 0.15) is 11.4 Å². The third kappa shape index (κ3) is 3.63. The monoisotopic (exact) mass is 430 g/mol. The Bertz CT molecular complexity index is 898. The van der Waals surface area contributed by atoms with Crippen LogP contribution >= 0.6 is 15.9 Å². The van der Waals surface area contributed by atoms with Gasteiger partial charge in [0.15, 0.2) is 0 Å². The van der Waals surface area contributed by atoms with E-state index in [4.69, 9.17) is 5.10 Å². The molecule has 27 heavy (non-hydrogen) atoms. The number of halogens is 2. The van der Waals surface area contributed by atoms with E-state index in [2.05, 4.69) is 27.3 Å². The first-order chi connectivity index (χ1) is 13.0. The number of carbonyl (C=O) groups excluding carboxylic acids is 1. The first-order valence-electron chi connectivity index (χ1n) is 9.26. The number of amides is 1. The minimum absolute atomic E-state index is 0.00400. The van der Waals surface area contributed by atoms with Crippen molar-refractivity contribution in [2.45, 2.75) is 50.0 Å². The van der Waals surface area contributed by atoms with E-state index in [0.29, 0.717) is 0 Å². The van der Waals surface area contributed by atoms with Crippen LogP contribution in [0.4, 0.5) is 4.39 Å². The maximum atomic E-state index is 13.2. The maximum absolute atomic E-state index is 13.2. The summed E-state index contributed by atoms with van der Waals surface area (Å²) in [6.45, 7) is 0. The average molecular weight is 431 g/mol. The van der Waals surface area contributed by atoms with Crippen LogP contribution in [0.5, 0.6) is 0 Å². The summed E-state index contributed by atoms with van der Waals surface area (Å²) in [4.78, 5) is 12.9. The Morgan fingerprint density at radius 1 is 1.30 bits per heavy atom. The van der Waals surface area contributed by atoms with Gasteiger partial charge in [-0.15, -0.1) is 0 Å². The molecule has 7 heteroatoms. The van der Waals surface area contributed by atoms with Crippen molar-refractivity contribution in [1.29, 1.82) is 5.26 Å². The van der Waals surface area contributed by atoms with E-state index in [1.165, 1.54) is 12.1 Å². The number of aromatic nitrogens is 2. The van der Waals surface area contributed by atoms with E-state index in [9.17, 15) is 14.4 Å². The molecule has 1 aromatic carbocycles. The van der Waals surface area contributed by atoms with Gasteiger partial charge in [0, 0.05) is 18.0 Å². The third-order valence-corrected chi connectivity index (χ3v) is 6.18. The zero-order chi connectivity index (χ0) is 19.0. The average Bonchev–Trinajstić information content (AvgIpc) is 3.35.